The number of amides is 1. The highest BCUT2D eigenvalue weighted by Gasteiger charge is 2.41. The molecule has 3 fully saturated rings. The van der Waals surface area contributed by atoms with Gasteiger partial charge in [0.2, 0.25) is 0 Å². The van der Waals surface area contributed by atoms with Gasteiger partial charge >= 0.3 is 6.09 Å². The summed E-state index contributed by atoms with van der Waals surface area (Å²) in [6.45, 7) is 3.50. The Morgan fingerprint density at radius 2 is 1.92 bits per heavy atom. The van der Waals surface area contributed by atoms with Crippen LogP contribution in [0.5, 0.6) is 0 Å². The van der Waals surface area contributed by atoms with Crippen molar-refractivity contribution >= 4 is 6.09 Å². The third-order valence-electron chi connectivity index (χ3n) is 5.96. The minimum Gasteiger partial charge on any atom is -0.441 e. The van der Waals surface area contributed by atoms with E-state index in [1.807, 2.05) is 12.4 Å². The maximum atomic E-state index is 11.4. The van der Waals surface area contributed by atoms with Crippen LogP contribution in [0.1, 0.15) is 68.7 Å². The van der Waals surface area contributed by atoms with Gasteiger partial charge in [0.25, 0.3) is 0 Å². The summed E-state index contributed by atoms with van der Waals surface area (Å²) >= 11 is 0. The molecule has 1 N–H and O–H groups in total. The normalized spacial score (nSPS) is 28.6. The molecule has 1 aromatic rings. The van der Waals surface area contributed by atoms with Gasteiger partial charge in [0.05, 0.1) is 6.54 Å². The number of hydrogen-bond donors (Lipinski definition) is 1. The molecular weight excluding hydrogens is 316 g/mol. The van der Waals surface area contributed by atoms with Crippen LogP contribution in [0.2, 0.25) is 0 Å². The van der Waals surface area contributed by atoms with E-state index in [9.17, 15) is 4.79 Å². The van der Waals surface area contributed by atoms with Crippen LogP contribution in [0.15, 0.2) is 12.4 Å². The average molecular weight is 344 g/mol. The number of rotatable bonds is 3. The topological polar surface area (TPSA) is 67.4 Å². The highest BCUT2D eigenvalue weighted by Crippen LogP contribution is 2.31. The molecule has 3 aliphatic rings. The number of aromatic nitrogens is 2. The molecule has 6 heteroatoms. The van der Waals surface area contributed by atoms with Crippen molar-refractivity contribution in [3.05, 3.63) is 23.8 Å². The Morgan fingerprint density at radius 3 is 2.64 bits per heavy atom. The minimum atomic E-state index is -0.285. The van der Waals surface area contributed by atoms with E-state index < -0.39 is 0 Å². The van der Waals surface area contributed by atoms with Gasteiger partial charge in [0.15, 0.2) is 0 Å². The SMILES string of the molecule is O=C1NC[C@]2(CCCN(Cc3cnc(C4CCCCC4)nc3)CC2)O1. The van der Waals surface area contributed by atoms with E-state index in [1.165, 1.54) is 37.7 Å². The van der Waals surface area contributed by atoms with Crippen molar-refractivity contribution in [1.29, 1.82) is 0 Å². The lowest BCUT2D eigenvalue weighted by Gasteiger charge is -2.25. The number of hydrogen-bond acceptors (Lipinski definition) is 5. The van der Waals surface area contributed by atoms with Gasteiger partial charge in [-0.15, -0.1) is 0 Å². The Kier molecular flexibility index (Phi) is 4.88. The van der Waals surface area contributed by atoms with Gasteiger partial charge < -0.3 is 10.1 Å². The Morgan fingerprint density at radius 1 is 1.12 bits per heavy atom. The van der Waals surface area contributed by atoms with Crippen molar-refractivity contribution in [3.63, 3.8) is 0 Å². The van der Waals surface area contributed by atoms with Gasteiger partial charge in [-0.3, -0.25) is 4.90 Å². The highest BCUT2D eigenvalue weighted by atomic mass is 16.6. The van der Waals surface area contributed by atoms with Crippen LogP contribution in [0.25, 0.3) is 0 Å². The van der Waals surface area contributed by atoms with E-state index >= 15 is 0 Å². The number of ether oxygens (including phenoxy) is 1. The van der Waals surface area contributed by atoms with Crippen molar-refractivity contribution in [2.45, 2.75) is 69.4 Å². The lowest BCUT2D eigenvalue weighted by Crippen LogP contribution is -2.34. The van der Waals surface area contributed by atoms with Gasteiger partial charge in [-0.2, -0.15) is 0 Å². The molecule has 1 aliphatic carbocycles. The Balaban J connectivity index is 1.33. The first-order valence-corrected chi connectivity index (χ1v) is 9.72. The zero-order valence-electron chi connectivity index (χ0n) is 14.9. The van der Waals surface area contributed by atoms with Gasteiger partial charge in [-0.1, -0.05) is 19.3 Å². The van der Waals surface area contributed by atoms with Crippen molar-refractivity contribution < 1.29 is 9.53 Å². The van der Waals surface area contributed by atoms with Gasteiger partial charge in [0.1, 0.15) is 11.4 Å². The monoisotopic (exact) mass is 344 g/mol. The lowest BCUT2D eigenvalue weighted by molar-refractivity contribution is 0.0443. The zero-order valence-corrected chi connectivity index (χ0v) is 14.9. The average Bonchev–Trinajstić information content (AvgIpc) is 2.90. The second-order valence-corrected chi connectivity index (χ2v) is 7.84. The zero-order chi connectivity index (χ0) is 17.1. The molecule has 2 saturated heterocycles. The second kappa shape index (κ2) is 7.28. The summed E-state index contributed by atoms with van der Waals surface area (Å²) < 4.78 is 5.55. The fourth-order valence-corrected chi connectivity index (χ4v) is 4.44. The van der Waals surface area contributed by atoms with Crippen LogP contribution in [-0.4, -0.2) is 46.2 Å². The third kappa shape index (κ3) is 3.94. The van der Waals surface area contributed by atoms with Crippen LogP contribution in [0.3, 0.4) is 0 Å². The van der Waals surface area contributed by atoms with Crippen molar-refractivity contribution in [1.82, 2.24) is 20.2 Å². The first-order chi connectivity index (χ1) is 12.2. The maximum absolute atomic E-state index is 11.4. The standard InChI is InChI=1S/C19H28N4O2/c24-18-22-14-19(25-18)7-4-9-23(10-8-19)13-15-11-20-17(21-12-15)16-5-2-1-3-6-16/h11-12,16H,1-10,13-14H2,(H,22,24)/t19-/m1/s1. The molecule has 25 heavy (non-hydrogen) atoms. The molecule has 0 bridgehead atoms. The van der Waals surface area contributed by atoms with Crippen LogP contribution in [0.4, 0.5) is 4.79 Å². The van der Waals surface area contributed by atoms with E-state index in [2.05, 4.69) is 20.2 Å². The highest BCUT2D eigenvalue weighted by molar-refractivity contribution is 5.70. The van der Waals surface area contributed by atoms with Gasteiger partial charge in [-0.25, -0.2) is 14.8 Å². The van der Waals surface area contributed by atoms with Crippen LogP contribution < -0.4 is 5.32 Å². The fourth-order valence-electron chi connectivity index (χ4n) is 4.44. The Hall–Kier alpha value is -1.69. The molecule has 0 aromatic carbocycles. The number of alkyl carbamates (subject to hydrolysis) is 1. The van der Waals surface area contributed by atoms with Gasteiger partial charge in [-0.05, 0) is 32.2 Å². The molecule has 0 radical (unpaired) electrons. The molecule has 2 aliphatic heterocycles. The molecule has 1 saturated carbocycles. The Bertz CT molecular complexity index is 600. The van der Waals surface area contributed by atoms with Crippen LogP contribution in [-0.2, 0) is 11.3 Å². The number of likely N-dealkylation sites (tertiary alicyclic amines) is 1. The first kappa shape index (κ1) is 16.8. The van der Waals surface area contributed by atoms with Crippen molar-refractivity contribution in [3.8, 4) is 0 Å². The van der Waals surface area contributed by atoms with E-state index in [1.54, 1.807) is 0 Å². The predicted octanol–water partition coefficient (Wildman–Crippen LogP) is 2.99. The van der Waals surface area contributed by atoms with E-state index in [4.69, 9.17) is 4.74 Å². The number of carbonyl (C=O) groups is 1. The van der Waals surface area contributed by atoms with Crippen molar-refractivity contribution in [2.75, 3.05) is 19.6 Å². The third-order valence-corrected chi connectivity index (χ3v) is 5.96. The molecule has 0 unspecified atom stereocenters. The summed E-state index contributed by atoms with van der Waals surface area (Å²) in [5.41, 5.74) is 0.893. The summed E-state index contributed by atoms with van der Waals surface area (Å²) in [6, 6.07) is 0. The molecule has 1 spiro atoms. The molecule has 136 valence electrons. The summed E-state index contributed by atoms with van der Waals surface area (Å²) in [6.07, 6.45) is 13.1. The lowest BCUT2D eigenvalue weighted by atomic mass is 9.89. The summed E-state index contributed by atoms with van der Waals surface area (Å²) in [7, 11) is 0. The number of nitrogens with zero attached hydrogens (tertiary/aromatic N) is 3. The summed E-state index contributed by atoms with van der Waals surface area (Å²) in [4.78, 5) is 23.1. The largest absolute Gasteiger partial charge is 0.441 e. The smallest absolute Gasteiger partial charge is 0.407 e. The maximum Gasteiger partial charge on any atom is 0.407 e. The molecule has 6 nitrogen and oxygen atoms in total. The summed E-state index contributed by atoms with van der Waals surface area (Å²) in [5.74, 6) is 1.59. The molecule has 1 amide bonds. The quantitative estimate of drug-likeness (QED) is 0.913. The fraction of sp³-hybridized carbons (Fsp3) is 0.737. The van der Waals surface area contributed by atoms with E-state index in [0.29, 0.717) is 12.5 Å². The second-order valence-electron chi connectivity index (χ2n) is 7.84. The minimum absolute atomic E-state index is 0.264. The molecular formula is C19H28N4O2. The van der Waals surface area contributed by atoms with Crippen LogP contribution in [0, 0.1) is 0 Å². The first-order valence-electron chi connectivity index (χ1n) is 9.72. The van der Waals surface area contributed by atoms with E-state index in [0.717, 1.165) is 44.7 Å². The Labute approximate surface area is 149 Å². The predicted molar refractivity (Wildman–Crippen MR) is 94.2 cm³/mol. The molecule has 1 aromatic heterocycles. The summed E-state index contributed by atoms with van der Waals surface area (Å²) in [5, 5.41) is 2.81. The molecule has 3 heterocycles. The molecule has 1 atom stereocenters. The number of carbonyl (C=O) groups excluding carboxylic acids is 1. The van der Waals surface area contributed by atoms with Crippen LogP contribution >= 0.6 is 0 Å². The van der Waals surface area contributed by atoms with Crippen molar-refractivity contribution in [2.24, 2.45) is 0 Å². The van der Waals surface area contributed by atoms with E-state index in [-0.39, 0.29) is 11.7 Å². The van der Waals surface area contributed by atoms with Gasteiger partial charge in [0, 0.05) is 43.4 Å². The number of nitrogens with one attached hydrogen (secondary N) is 1. The molecule has 4 rings (SSSR count).